The molecule has 3 rings (SSSR count). The highest BCUT2D eigenvalue weighted by atomic mass is 16.7. The van der Waals surface area contributed by atoms with Gasteiger partial charge < -0.3 is 64.5 Å². The van der Waals surface area contributed by atoms with Crippen molar-refractivity contribution in [2.75, 3.05) is 20.3 Å². The molecule has 0 bridgehead atoms. The average molecular weight is 518 g/mol. The minimum Gasteiger partial charge on any atom is -0.504 e. The van der Waals surface area contributed by atoms with Gasteiger partial charge in [-0.25, -0.2) is 4.79 Å². The van der Waals surface area contributed by atoms with Crippen molar-refractivity contribution in [3.05, 3.63) is 29.8 Å². The summed E-state index contributed by atoms with van der Waals surface area (Å²) in [5.74, 6) is -0.729. The van der Waals surface area contributed by atoms with Crippen LogP contribution >= 0.6 is 0 Å². The molecule has 2 saturated heterocycles. The molecule has 1 aromatic carbocycles. The molecular weight excluding hydrogens is 488 g/mol. The van der Waals surface area contributed by atoms with Crippen LogP contribution in [0.2, 0.25) is 0 Å². The zero-order valence-corrected chi connectivity index (χ0v) is 19.1. The van der Waals surface area contributed by atoms with Crippen LogP contribution in [0.4, 0.5) is 0 Å². The maximum absolute atomic E-state index is 12.1. The van der Waals surface area contributed by atoms with E-state index in [1.807, 2.05) is 0 Å². The lowest BCUT2D eigenvalue weighted by Gasteiger charge is -2.45. The molecule has 14 nitrogen and oxygen atoms in total. The molecule has 2 heterocycles. The first-order valence-corrected chi connectivity index (χ1v) is 10.9. The van der Waals surface area contributed by atoms with Crippen LogP contribution in [-0.4, -0.2) is 129 Å². The van der Waals surface area contributed by atoms with Crippen LogP contribution in [0.1, 0.15) is 5.56 Å². The Hall–Kier alpha value is -2.37. The number of hydrogen-bond acceptors (Lipinski definition) is 14. The third kappa shape index (κ3) is 6.30. The number of aromatic hydroxyl groups is 1. The summed E-state index contributed by atoms with van der Waals surface area (Å²) in [6, 6.07) is 4.37. The standard InChI is InChI=1S/C22H30O14/c1-32-11-6-9(2-4-10(11)24)3-5-14(25)33-8-13-15(26)16(27)19(30)22(35-13)36-20-12(7-23)34-21(31)18(29)17(20)28/h2-6,12-13,15-24,26-31H,7-8H2,1H3/b5-3+/t12-,13-,15+,16+,17-,18-,19-,20+,21-,22+/m1/s1. The summed E-state index contributed by atoms with van der Waals surface area (Å²) in [7, 11) is 1.37. The van der Waals surface area contributed by atoms with Crippen LogP contribution in [0.25, 0.3) is 6.08 Å². The summed E-state index contributed by atoms with van der Waals surface area (Å²) >= 11 is 0. The largest absolute Gasteiger partial charge is 0.504 e. The van der Waals surface area contributed by atoms with Gasteiger partial charge in [0.15, 0.2) is 24.1 Å². The van der Waals surface area contributed by atoms with E-state index in [0.717, 1.165) is 6.08 Å². The second kappa shape index (κ2) is 12.2. The zero-order chi connectivity index (χ0) is 26.6. The van der Waals surface area contributed by atoms with Crippen molar-refractivity contribution in [3.8, 4) is 11.5 Å². The number of carbonyl (C=O) groups is 1. The minimum atomic E-state index is -1.83. The van der Waals surface area contributed by atoms with E-state index < -0.39 is 80.6 Å². The molecule has 8 N–H and O–H groups in total. The van der Waals surface area contributed by atoms with Crippen LogP contribution in [0, 0.1) is 0 Å². The Kier molecular flexibility index (Phi) is 9.59. The Morgan fingerprint density at radius 2 is 1.69 bits per heavy atom. The minimum absolute atomic E-state index is 0.0820. The summed E-state index contributed by atoms with van der Waals surface area (Å²) in [5.41, 5.74) is 0.515. The topological polar surface area (TPSA) is 225 Å². The van der Waals surface area contributed by atoms with E-state index in [9.17, 15) is 45.6 Å². The molecule has 1 aromatic rings. The van der Waals surface area contributed by atoms with Crippen molar-refractivity contribution in [2.24, 2.45) is 0 Å². The zero-order valence-electron chi connectivity index (χ0n) is 19.1. The van der Waals surface area contributed by atoms with E-state index in [0.29, 0.717) is 5.56 Å². The molecule has 2 aliphatic heterocycles. The van der Waals surface area contributed by atoms with Crippen LogP contribution in [0.3, 0.4) is 0 Å². The first kappa shape index (κ1) is 28.2. The molecule has 2 aliphatic rings. The highest BCUT2D eigenvalue weighted by Crippen LogP contribution is 2.29. The fourth-order valence-electron chi connectivity index (χ4n) is 3.73. The fourth-order valence-corrected chi connectivity index (χ4v) is 3.73. The first-order valence-electron chi connectivity index (χ1n) is 10.9. The summed E-state index contributed by atoms with van der Waals surface area (Å²) in [4.78, 5) is 12.1. The number of esters is 1. The first-order chi connectivity index (χ1) is 17.1. The summed E-state index contributed by atoms with van der Waals surface area (Å²) < 4.78 is 25.9. The highest BCUT2D eigenvalue weighted by Gasteiger charge is 2.50. The lowest BCUT2D eigenvalue weighted by atomic mass is 9.97. The molecule has 0 saturated carbocycles. The molecular formula is C22H30O14. The lowest BCUT2D eigenvalue weighted by Crippen LogP contribution is -2.64. The van der Waals surface area contributed by atoms with E-state index in [2.05, 4.69) is 0 Å². The van der Waals surface area contributed by atoms with E-state index in [4.69, 9.17) is 23.7 Å². The van der Waals surface area contributed by atoms with Crippen molar-refractivity contribution in [1.82, 2.24) is 0 Å². The number of phenolic OH excluding ortho intramolecular Hbond substituents is 1. The van der Waals surface area contributed by atoms with E-state index in [-0.39, 0.29) is 11.5 Å². The average Bonchev–Trinajstić information content (AvgIpc) is 2.87. The van der Waals surface area contributed by atoms with Gasteiger partial charge in [-0.15, -0.1) is 0 Å². The van der Waals surface area contributed by atoms with Crippen LogP contribution in [-0.2, 0) is 23.7 Å². The fraction of sp³-hybridized carbons (Fsp3) is 0.591. The van der Waals surface area contributed by atoms with Crippen molar-refractivity contribution >= 4 is 12.0 Å². The Morgan fingerprint density at radius 3 is 2.36 bits per heavy atom. The number of aliphatic hydroxyl groups is 7. The molecule has 202 valence electrons. The molecule has 0 aromatic heterocycles. The van der Waals surface area contributed by atoms with Gasteiger partial charge in [0.25, 0.3) is 0 Å². The van der Waals surface area contributed by atoms with Crippen LogP contribution in [0.5, 0.6) is 11.5 Å². The van der Waals surface area contributed by atoms with Gasteiger partial charge in [0.1, 0.15) is 55.4 Å². The molecule has 0 aliphatic carbocycles. The van der Waals surface area contributed by atoms with Crippen molar-refractivity contribution < 1.29 is 69.3 Å². The third-order valence-electron chi connectivity index (χ3n) is 5.80. The van der Waals surface area contributed by atoms with Crippen molar-refractivity contribution in [3.63, 3.8) is 0 Å². The maximum Gasteiger partial charge on any atom is 0.330 e. The predicted octanol–water partition coefficient (Wildman–Crippen LogP) is -3.42. The Bertz CT molecular complexity index is 907. The Balaban J connectivity index is 1.62. The number of rotatable bonds is 8. The summed E-state index contributed by atoms with van der Waals surface area (Å²) in [6.45, 7) is -1.30. The van der Waals surface area contributed by atoms with Gasteiger partial charge in [0.05, 0.1) is 13.7 Å². The normalized spacial score (nSPS) is 37.1. The van der Waals surface area contributed by atoms with Gasteiger partial charge in [0.2, 0.25) is 0 Å². The number of methoxy groups -OCH3 is 1. The molecule has 0 amide bonds. The second-order valence-corrected chi connectivity index (χ2v) is 8.24. The van der Waals surface area contributed by atoms with E-state index in [1.54, 1.807) is 0 Å². The summed E-state index contributed by atoms with van der Waals surface area (Å²) in [6.07, 6.45) is -14.1. The lowest BCUT2D eigenvalue weighted by molar-refractivity contribution is -0.355. The van der Waals surface area contributed by atoms with Gasteiger partial charge >= 0.3 is 5.97 Å². The van der Waals surface area contributed by atoms with Gasteiger partial charge in [-0.3, -0.25) is 0 Å². The number of benzene rings is 1. The quantitative estimate of drug-likeness (QED) is 0.124. The second-order valence-electron chi connectivity index (χ2n) is 8.24. The molecule has 0 unspecified atom stereocenters. The number of hydrogen-bond donors (Lipinski definition) is 8. The molecule has 14 heteroatoms. The maximum atomic E-state index is 12.1. The van der Waals surface area contributed by atoms with Crippen LogP contribution < -0.4 is 4.74 Å². The number of carbonyl (C=O) groups excluding carboxylic acids is 1. The van der Waals surface area contributed by atoms with E-state index >= 15 is 0 Å². The Labute approximate surface area is 205 Å². The monoisotopic (exact) mass is 518 g/mol. The molecule has 0 radical (unpaired) electrons. The highest BCUT2D eigenvalue weighted by molar-refractivity contribution is 5.87. The number of phenols is 1. The van der Waals surface area contributed by atoms with Gasteiger partial charge in [-0.2, -0.15) is 0 Å². The van der Waals surface area contributed by atoms with Crippen molar-refractivity contribution in [1.29, 1.82) is 0 Å². The van der Waals surface area contributed by atoms with Gasteiger partial charge in [-0.05, 0) is 23.8 Å². The van der Waals surface area contributed by atoms with Crippen molar-refractivity contribution in [2.45, 2.75) is 61.4 Å². The van der Waals surface area contributed by atoms with E-state index in [1.165, 1.54) is 31.4 Å². The van der Waals surface area contributed by atoms with Gasteiger partial charge in [-0.1, -0.05) is 6.07 Å². The molecule has 2 fully saturated rings. The molecule has 36 heavy (non-hydrogen) atoms. The van der Waals surface area contributed by atoms with Crippen LogP contribution in [0.15, 0.2) is 24.3 Å². The van der Waals surface area contributed by atoms with Gasteiger partial charge in [0, 0.05) is 6.08 Å². The molecule has 0 spiro atoms. The number of aliphatic hydroxyl groups excluding tert-OH is 7. The SMILES string of the molecule is COc1cc(/C=C/C(=O)OC[C@H]2O[C@@H](O[C@@H]3[C@H](O)[C@@H](O)[C@H](O)O[C@@H]3CO)[C@H](O)[C@@H](O)[C@H]2O)ccc1O. The molecule has 10 atom stereocenters. The Morgan fingerprint density at radius 1 is 0.972 bits per heavy atom. The smallest absolute Gasteiger partial charge is 0.330 e. The third-order valence-corrected chi connectivity index (χ3v) is 5.80. The predicted molar refractivity (Wildman–Crippen MR) is 116 cm³/mol. The number of ether oxygens (including phenoxy) is 5. The summed E-state index contributed by atoms with van der Waals surface area (Å²) in [5, 5.41) is 79.4.